The molecule has 0 saturated carbocycles. The highest BCUT2D eigenvalue weighted by molar-refractivity contribution is 5.92. The van der Waals surface area contributed by atoms with Crippen LogP contribution < -0.4 is 11.1 Å². The zero-order chi connectivity index (χ0) is 15.2. The van der Waals surface area contributed by atoms with E-state index >= 15 is 0 Å². The van der Waals surface area contributed by atoms with E-state index < -0.39 is 4.92 Å². The predicted octanol–water partition coefficient (Wildman–Crippen LogP) is 1.63. The fourth-order valence-electron chi connectivity index (χ4n) is 1.87. The third kappa shape index (κ3) is 3.83. The molecule has 0 fully saturated rings. The number of para-hydroxylation sites is 1. The summed E-state index contributed by atoms with van der Waals surface area (Å²) in [6.07, 6.45) is 1.45. The van der Waals surface area contributed by atoms with Gasteiger partial charge in [0.15, 0.2) is 0 Å². The van der Waals surface area contributed by atoms with Crippen molar-refractivity contribution >= 4 is 17.4 Å². The lowest BCUT2D eigenvalue weighted by molar-refractivity contribution is -0.385. The maximum atomic E-state index is 12.0. The number of aromatic nitrogens is 1. The van der Waals surface area contributed by atoms with Crippen LogP contribution in [0.25, 0.3) is 0 Å². The number of hydrogen-bond acceptors (Lipinski definition) is 5. The van der Waals surface area contributed by atoms with Gasteiger partial charge in [0.05, 0.1) is 11.3 Å². The monoisotopic (exact) mass is 286 g/mol. The van der Waals surface area contributed by atoms with Crippen LogP contribution in [0.2, 0.25) is 0 Å². The zero-order valence-electron chi connectivity index (χ0n) is 11.2. The Bertz CT molecular complexity index is 673. The van der Waals surface area contributed by atoms with Gasteiger partial charge in [0.2, 0.25) is 5.91 Å². The minimum atomic E-state index is -0.504. The second kappa shape index (κ2) is 6.58. The molecular formula is C14H14N4O3. The maximum absolute atomic E-state index is 12.0. The normalized spacial score (nSPS) is 10.1. The standard InChI is InChI=1S/C14H14N4O3/c15-9-10-5-6-16-13(7-10)17-14(19)8-11-3-1-2-4-12(11)18(20)21/h1-7H,8-9,15H2,(H,16,17,19). The van der Waals surface area contributed by atoms with E-state index in [9.17, 15) is 14.9 Å². The molecule has 1 aromatic carbocycles. The average molecular weight is 286 g/mol. The molecule has 1 amide bonds. The number of amides is 1. The Morgan fingerprint density at radius 1 is 1.33 bits per heavy atom. The quantitative estimate of drug-likeness (QED) is 0.641. The Morgan fingerprint density at radius 3 is 2.81 bits per heavy atom. The first-order valence-corrected chi connectivity index (χ1v) is 6.27. The first-order valence-electron chi connectivity index (χ1n) is 6.27. The highest BCUT2D eigenvalue weighted by Gasteiger charge is 2.15. The second-order valence-electron chi connectivity index (χ2n) is 4.36. The van der Waals surface area contributed by atoms with Crippen molar-refractivity contribution in [1.82, 2.24) is 4.98 Å². The van der Waals surface area contributed by atoms with E-state index in [0.717, 1.165) is 5.56 Å². The van der Waals surface area contributed by atoms with E-state index in [4.69, 9.17) is 5.73 Å². The molecule has 108 valence electrons. The van der Waals surface area contributed by atoms with E-state index in [1.807, 2.05) is 0 Å². The first-order chi connectivity index (χ1) is 10.1. The van der Waals surface area contributed by atoms with Crippen molar-refractivity contribution in [3.05, 3.63) is 63.8 Å². The summed E-state index contributed by atoms with van der Waals surface area (Å²) in [5.74, 6) is 0.00695. The predicted molar refractivity (Wildman–Crippen MR) is 77.6 cm³/mol. The van der Waals surface area contributed by atoms with E-state index in [0.29, 0.717) is 17.9 Å². The summed E-state index contributed by atoms with van der Waals surface area (Å²) in [7, 11) is 0. The Balaban J connectivity index is 2.10. The number of nitro groups is 1. The number of nitrogens with two attached hydrogens (primary N) is 1. The molecule has 0 radical (unpaired) electrons. The summed E-state index contributed by atoms with van der Waals surface area (Å²) < 4.78 is 0. The molecule has 7 heteroatoms. The number of carbonyl (C=O) groups is 1. The van der Waals surface area contributed by atoms with Crippen LogP contribution in [0.15, 0.2) is 42.6 Å². The Morgan fingerprint density at radius 2 is 2.10 bits per heavy atom. The number of pyridine rings is 1. The maximum Gasteiger partial charge on any atom is 0.273 e. The molecule has 1 aromatic heterocycles. The van der Waals surface area contributed by atoms with Crippen molar-refractivity contribution in [2.24, 2.45) is 5.73 Å². The number of carbonyl (C=O) groups excluding carboxylic acids is 1. The zero-order valence-corrected chi connectivity index (χ0v) is 11.2. The van der Waals surface area contributed by atoms with Gasteiger partial charge in [-0.05, 0) is 17.7 Å². The Labute approximate surface area is 121 Å². The number of benzene rings is 1. The molecule has 0 saturated heterocycles. The lowest BCUT2D eigenvalue weighted by Crippen LogP contribution is -2.16. The molecule has 2 aromatic rings. The molecule has 7 nitrogen and oxygen atoms in total. The number of anilines is 1. The third-order valence-electron chi connectivity index (χ3n) is 2.87. The van der Waals surface area contributed by atoms with Crippen LogP contribution in [-0.2, 0) is 17.8 Å². The van der Waals surface area contributed by atoms with Gasteiger partial charge in [-0.3, -0.25) is 14.9 Å². The number of nitrogens with one attached hydrogen (secondary N) is 1. The van der Waals surface area contributed by atoms with Crippen molar-refractivity contribution in [1.29, 1.82) is 0 Å². The molecule has 0 spiro atoms. The van der Waals surface area contributed by atoms with Crippen molar-refractivity contribution in [3.8, 4) is 0 Å². The van der Waals surface area contributed by atoms with Crippen LogP contribution in [0.4, 0.5) is 11.5 Å². The van der Waals surface area contributed by atoms with E-state index in [2.05, 4.69) is 10.3 Å². The van der Waals surface area contributed by atoms with Crippen LogP contribution in [-0.4, -0.2) is 15.8 Å². The molecular weight excluding hydrogens is 272 g/mol. The lowest BCUT2D eigenvalue weighted by atomic mass is 10.1. The molecule has 0 aliphatic carbocycles. The molecule has 0 unspecified atom stereocenters. The lowest BCUT2D eigenvalue weighted by Gasteiger charge is -2.06. The molecule has 21 heavy (non-hydrogen) atoms. The molecule has 3 N–H and O–H groups in total. The molecule has 1 heterocycles. The summed E-state index contributed by atoms with van der Waals surface area (Å²) in [6.45, 7) is 0.343. The SMILES string of the molecule is NCc1ccnc(NC(=O)Cc2ccccc2[N+](=O)[O-])c1. The van der Waals surface area contributed by atoms with Crippen molar-refractivity contribution in [2.75, 3.05) is 5.32 Å². The Kier molecular flexibility index (Phi) is 4.57. The molecule has 0 atom stereocenters. The van der Waals surface area contributed by atoms with E-state index in [1.165, 1.54) is 6.07 Å². The topological polar surface area (TPSA) is 111 Å². The van der Waals surface area contributed by atoms with Crippen LogP contribution in [0.1, 0.15) is 11.1 Å². The number of nitro benzene ring substituents is 1. The second-order valence-corrected chi connectivity index (χ2v) is 4.36. The van der Waals surface area contributed by atoms with Gasteiger partial charge >= 0.3 is 0 Å². The third-order valence-corrected chi connectivity index (χ3v) is 2.87. The summed E-state index contributed by atoms with van der Waals surface area (Å²) in [5, 5.41) is 13.5. The summed E-state index contributed by atoms with van der Waals surface area (Å²) in [6, 6.07) is 9.56. The van der Waals surface area contributed by atoms with Gasteiger partial charge in [-0.15, -0.1) is 0 Å². The van der Waals surface area contributed by atoms with E-state index in [-0.39, 0.29) is 18.0 Å². The Hall–Kier alpha value is -2.80. The molecule has 0 bridgehead atoms. The van der Waals surface area contributed by atoms with Gasteiger partial charge < -0.3 is 11.1 Å². The number of nitrogens with zero attached hydrogens (tertiary/aromatic N) is 2. The van der Waals surface area contributed by atoms with Gasteiger partial charge in [0.25, 0.3) is 5.69 Å². The number of rotatable bonds is 5. The van der Waals surface area contributed by atoms with Crippen molar-refractivity contribution in [2.45, 2.75) is 13.0 Å². The summed E-state index contributed by atoms with van der Waals surface area (Å²) >= 11 is 0. The first kappa shape index (κ1) is 14.6. The minimum absolute atomic E-state index is 0.0729. The van der Waals surface area contributed by atoms with Gasteiger partial charge in [-0.2, -0.15) is 0 Å². The fraction of sp³-hybridized carbons (Fsp3) is 0.143. The van der Waals surface area contributed by atoms with Crippen LogP contribution in [0.5, 0.6) is 0 Å². The largest absolute Gasteiger partial charge is 0.326 e. The van der Waals surface area contributed by atoms with Crippen molar-refractivity contribution < 1.29 is 9.72 Å². The van der Waals surface area contributed by atoms with Crippen molar-refractivity contribution in [3.63, 3.8) is 0 Å². The van der Waals surface area contributed by atoms with Gasteiger partial charge in [-0.25, -0.2) is 4.98 Å². The van der Waals surface area contributed by atoms with Gasteiger partial charge in [-0.1, -0.05) is 18.2 Å². The molecule has 0 aliphatic heterocycles. The van der Waals surface area contributed by atoms with Crippen LogP contribution >= 0.6 is 0 Å². The summed E-state index contributed by atoms with van der Waals surface area (Å²) in [5.41, 5.74) is 6.63. The van der Waals surface area contributed by atoms with Crippen LogP contribution in [0.3, 0.4) is 0 Å². The van der Waals surface area contributed by atoms with E-state index in [1.54, 1.807) is 36.5 Å². The van der Waals surface area contributed by atoms with Gasteiger partial charge in [0, 0.05) is 24.4 Å². The van der Waals surface area contributed by atoms with Gasteiger partial charge in [0.1, 0.15) is 5.82 Å². The highest BCUT2D eigenvalue weighted by atomic mass is 16.6. The fourth-order valence-corrected chi connectivity index (χ4v) is 1.87. The minimum Gasteiger partial charge on any atom is -0.326 e. The summed E-state index contributed by atoms with van der Waals surface area (Å²) in [4.78, 5) is 26.3. The smallest absolute Gasteiger partial charge is 0.273 e. The highest BCUT2D eigenvalue weighted by Crippen LogP contribution is 2.18. The molecule has 0 aliphatic rings. The average Bonchev–Trinajstić information content (AvgIpc) is 2.47. The van der Waals surface area contributed by atoms with Crippen LogP contribution in [0, 0.1) is 10.1 Å². The number of hydrogen-bond donors (Lipinski definition) is 2. The molecule has 2 rings (SSSR count).